The van der Waals surface area contributed by atoms with E-state index in [4.69, 9.17) is 9.47 Å². The van der Waals surface area contributed by atoms with Crippen molar-refractivity contribution in [3.05, 3.63) is 41.5 Å². The number of ether oxygens (including phenoxy) is 2. The molecule has 0 bridgehead atoms. The molecule has 0 N–H and O–H groups in total. The highest BCUT2D eigenvalue weighted by Gasteiger charge is 2.47. The Morgan fingerprint density at radius 1 is 1.33 bits per heavy atom. The SMILES string of the molecule is COc1ccc(C2OCC3C(C=C(C)C)CC(=O)N23)cc1. The molecule has 112 valence electrons. The van der Waals surface area contributed by atoms with Crippen LogP contribution in [0.2, 0.25) is 0 Å². The van der Waals surface area contributed by atoms with E-state index in [0.717, 1.165) is 11.3 Å². The summed E-state index contributed by atoms with van der Waals surface area (Å²) < 4.78 is 11.1. The van der Waals surface area contributed by atoms with Crippen LogP contribution < -0.4 is 4.74 Å². The van der Waals surface area contributed by atoms with Crippen molar-refractivity contribution in [1.82, 2.24) is 4.90 Å². The summed E-state index contributed by atoms with van der Waals surface area (Å²) in [5, 5.41) is 0. The maximum Gasteiger partial charge on any atom is 0.225 e. The fourth-order valence-electron chi connectivity index (χ4n) is 3.24. The fraction of sp³-hybridized carbons (Fsp3) is 0.471. The first-order valence-corrected chi connectivity index (χ1v) is 7.32. The molecule has 2 aliphatic rings. The van der Waals surface area contributed by atoms with Crippen LogP contribution in [-0.2, 0) is 9.53 Å². The average Bonchev–Trinajstić information content (AvgIpc) is 3.01. The van der Waals surface area contributed by atoms with Crippen LogP contribution >= 0.6 is 0 Å². The molecular weight excluding hydrogens is 266 g/mol. The van der Waals surface area contributed by atoms with Gasteiger partial charge in [0, 0.05) is 17.9 Å². The van der Waals surface area contributed by atoms with Gasteiger partial charge in [-0.15, -0.1) is 0 Å². The van der Waals surface area contributed by atoms with Crippen LogP contribution in [0.3, 0.4) is 0 Å². The van der Waals surface area contributed by atoms with Gasteiger partial charge >= 0.3 is 0 Å². The van der Waals surface area contributed by atoms with Gasteiger partial charge in [-0.25, -0.2) is 0 Å². The van der Waals surface area contributed by atoms with Gasteiger partial charge in [0.05, 0.1) is 19.8 Å². The number of carbonyl (C=O) groups excluding carboxylic acids is 1. The number of rotatable bonds is 3. The van der Waals surface area contributed by atoms with Gasteiger partial charge in [0.15, 0.2) is 6.23 Å². The normalized spacial score (nSPS) is 27.7. The van der Waals surface area contributed by atoms with E-state index in [1.165, 1.54) is 5.57 Å². The van der Waals surface area contributed by atoms with Crippen LogP contribution in [0.4, 0.5) is 0 Å². The zero-order chi connectivity index (χ0) is 15.0. The topological polar surface area (TPSA) is 38.8 Å². The molecule has 2 heterocycles. The van der Waals surface area contributed by atoms with Gasteiger partial charge < -0.3 is 14.4 Å². The highest BCUT2D eigenvalue weighted by Crippen LogP contribution is 2.41. The molecule has 0 saturated carbocycles. The second-order valence-corrected chi connectivity index (χ2v) is 5.94. The Kier molecular flexibility index (Phi) is 3.72. The Balaban J connectivity index is 1.83. The van der Waals surface area contributed by atoms with Crippen molar-refractivity contribution in [2.75, 3.05) is 13.7 Å². The minimum Gasteiger partial charge on any atom is -0.497 e. The first-order chi connectivity index (χ1) is 10.1. The van der Waals surface area contributed by atoms with E-state index < -0.39 is 0 Å². The Morgan fingerprint density at radius 2 is 2.05 bits per heavy atom. The zero-order valence-electron chi connectivity index (χ0n) is 12.7. The summed E-state index contributed by atoms with van der Waals surface area (Å²) in [5.41, 5.74) is 2.26. The van der Waals surface area contributed by atoms with Crippen molar-refractivity contribution < 1.29 is 14.3 Å². The molecule has 2 fully saturated rings. The number of amides is 1. The molecule has 2 aliphatic heterocycles. The molecule has 3 atom stereocenters. The lowest BCUT2D eigenvalue weighted by Crippen LogP contribution is -2.32. The van der Waals surface area contributed by atoms with Crippen molar-refractivity contribution in [3.63, 3.8) is 0 Å². The molecule has 2 saturated heterocycles. The van der Waals surface area contributed by atoms with E-state index in [1.54, 1.807) is 7.11 Å². The first-order valence-electron chi connectivity index (χ1n) is 7.32. The highest BCUT2D eigenvalue weighted by molar-refractivity contribution is 5.80. The van der Waals surface area contributed by atoms with E-state index in [1.807, 2.05) is 29.2 Å². The van der Waals surface area contributed by atoms with Crippen molar-refractivity contribution in [2.45, 2.75) is 32.5 Å². The summed E-state index contributed by atoms with van der Waals surface area (Å²) in [6.07, 6.45) is 2.53. The fourth-order valence-corrected chi connectivity index (χ4v) is 3.24. The number of carbonyl (C=O) groups is 1. The molecule has 3 unspecified atom stereocenters. The molecular formula is C17H21NO3. The lowest BCUT2D eigenvalue weighted by molar-refractivity contribution is -0.134. The summed E-state index contributed by atoms with van der Waals surface area (Å²) in [6, 6.07) is 7.90. The third-order valence-corrected chi connectivity index (χ3v) is 4.18. The predicted molar refractivity (Wildman–Crippen MR) is 79.9 cm³/mol. The highest BCUT2D eigenvalue weighted by atomic mass is 16.5. The lowest BCUT2D eigenvalue weighted by atomic mass is 9.99. The Bertz CT molecular complexity index is 560. The van der Waals surface area contributed by atoms with Crippen molar-refractivity contribution >= 4 is 5.91 Å². The standard InChI is InChI=1S/C17H21NO3/c1-11(2)8-13-9-16(19)18-15(13)10-21-17(18)12-4-6-14(20-3)7-5-12/h4-8,13,15,17H,9-10H2,1-3H3. The molecule has 4 heteroatoms. The number of allylic oxidation sites excluding steroid dienone is 1. The van der Waals surface area contributed by atoms with Crippen LogP contribution in [0.5, 0.6) is 5.75 Å². The van der Waals surface area contributed by atoms with E-state index in [-0.39, 0.29) is 24.1 Å². The van der Waals surface area contributed by atoms with Crippen LogP contribution in [-0.4, -0.2) is 30.6 Å². The van der Waals surface area contributed by atoms with Crippen LogP contribution in [0.15, 0.2) is 35.9 Å². The summed E-state index contributed by atoms with van der Waals surface area (Å²) in [7, 11) is 1.64. The molecule has 3 rings (SSSR count). The van der Waals surface area contributed by atoms with Gasteiger partial charge in [-0.2, -0.15) is 0 Å². The van der Waals surface area contributed by atoms with E-state index in [2.05, 4.69) is 19.9 Å². The maximum absolute atomic E-state index is 12.3. The quantitative estimate of drug-likeness (QED) is 0.802. The number of methoxy groups -OCH3 is 1. The number of hydrogen-bond acceptors (Lipinski definition) is 3. The average molecular weight is 287 g/mol. The Hall–Kier alpha value is -1.81. The largest absolute Gasteiger partial charge is 0.497 e. The summed E-state index contributed by atoms with van der Waals surface area (Å²) in [4.78, 5) is 14.3. The van der Waals surface area contributed by atoms with Gasteiger partial charge in [-0.3, -0.25) is 4.79 Å². The minimum absolute atomic E-state index is 0.166. The molecule has 0 spiro atoms. The van der Waals surface area contributed by atoms with Gasteiger partial charge in [0.1, 0.15) is 5.75 Å². The molecule has 21 heavy (non-hydrogen) atoms. The van der Waals surface area contributed by atoms with E-state index >= 15 is 0 Å². The third kappa shape index (κ3) is 2.56. The molecule has 1 amide bonds. The van der Waals surface area contributed by atoms with Crippen LogP contribution in [0, 0.1) is 5.92 Å². The van der Waals surface area contributed by atoms with Crippen LogP contribution in [0.25, 0.3) is 0 Å². The predicted octanol–water partition coefficient (Wildman–Crippen LogP) is 2.91. The zero-order valence-corrected chi connectivity index (χ0v) is 12.7. The first kappa shape index (κ1) is 14.1. The van der Waals surface area contributed by atoms with Gasteiger partial charge in [0.2, 0.25) is 5.91 Å². The van der Waals surface area contributed by atoms with Crippen molar-refractivity contribution in [3.8, 4) is 5.75 Å². The maximum atomic E-state index is 12.3. The van der Waals surface area contributed by atoms with Gasteiger partial charge in [-0.1, -0.05) is 23.8 Å². The number of nitrogens with zero attached hydrogens (tertiary/aromatic N) is 1. The molecule has 1 aromatic carbocycles. The van der Waals surface area contributed by atoms with Crippen LogP contribution in [0.1, 0.15) is 32.1 Å². The van der Waals surface area contributed by atoms with E-state index in [9.17, 15) is 4.79 Å². The molecule has 0 aromatic heterocycles. The van der Waals surface area contributed by atoms with Gasteiger partial charge in [-0.05, 0) is 26.0 Å². The minimum atomic E-state index is -0.260. The number of hydrogen-bond donors (Lipinski definition) is 0. The Morgan fingerprint density at radius 3 is 2.67 bits per heavy atom. The van der Waals surface area contributed by atoms with Gasteiger partial charge in [0.25, 0.3) is 0 Å². The molecule has 1 aromatic rings. The third-order valence-electron chi connectivity index (χ3n) is 4.18. The van der Waals surface area contributed by atoms with E-state index in [0.29, 0.717) is 13.0 Å². The second-order valence-electron chi connectivity index (χ2n) is 5.94. The van der Waals surface area contributed by atoms with Crippen molar-refractivity contribution in [2.24, 2.45) is 5.92 Å². The summed E-state index contributed by atoms with van der Waals surface area (Å²) in [6.45, 7) is 4.75. The summed E-state index contributed by atoms with van der Waals surface area (Å²) in [5.74, 6) is 1.26. The smallest absolute Gasteiger partial charge is 0.225 e. The number of fused-ring (bicyclic) bond motifs is 1. The second kappa shape index (κ2) is 5.53. The Labute approximate surface area is 125 Å². The number of benzene rings is 1. The molecule has 4 nitrogen and oxygen atoms in total. The summed E-state index contributed by atoms with van der Waals surface area (Å²) >= 11 is 0. The monoisotopic (exact) mass is 287 g/mol. The molecule has 0 aliphatic carbocycles. The molecule has 0 radical (unpaired) electrons. The lowest BCUT2D eigenvalue weighted by Gasteiger charge is -2.23. The van der Waals surface area contributed by atoms with Crippen molar-refractivity contribution in [1.29, 1.82) is 0 Å².